The van der Waals surface area contributed by atoms with Crippen molar-refractivity contribution in [1.29, 1.82) is 0 Å². The number of halogens is 2. The Morgan fingerprint density at radius 1 is 1.16 bits per heavy atom. The molecule has 0 spiro atoms. The molecule has 4 aromatic rings. The summed E-state index contributed by atoms with van der Waals surface area (Å²) in [7, 11) is 0. The number of hydrogen-bond acceptors (Lipinski definition) is 6. The van der Waals surface area contributed by atoms with Gasteiger partial charge in [0.25, 0.3) is 5.91 Å². The Hall–Kier alpha value is -3.66. The van der Waals surface area contributed by atoms with Crippen LogP contribution in [-0.2, 0) is 28.0 Å². The van der Waals surface area contributed by atoms with Crippen molar-refractivity contribution in [3.05, 3.63) is 87.9 Å². The first kappa shape index (κ1) is 26.0. The van der Waals surface area contributed by atoms with Crippen LogP contribution in [0.1, 0.15) is 30.3 Å². The van der Waals surface area contributed by atoms with E-state index in [0.717, 1.165) is 22.2 Å². The lowest BCUT2D eigenvalue weighted by atomic mass is 9.76. The number of hydrogen-bond donors (Lipinski definition) is 3. The van der Waals surface area contributed by atoms with Crippen LogP contribution >= 0.6 is 23.2 Å². The number of aromatic amines is 1. The van der Waals surface area contributed by atoms with E-state index in [2.05, 4.69) is 9.97 Å². The second kappa shape index (κ2) is 10.6. The van der Waals surface area contributed by atoms with Gasteiger partial charge in [0.05, 0.1) is 16.4 Å². The number of pyridine rings is 1. The first-order chi connectivity index (χ1) is 18.3. The van der Waals surface area contributed by atoms with Gasteiger partial charge in [-0.05, 0) is 60.9 Å². The smallest absolute Gasteiger partial charge is 0.265 e. The minimum Gasteiger partial charge on any atom is -0.489 e. The van der Waals surface area contributed by atoms with E-state index in [0.29, 0.717) is 31.0 Å². The third-order valence-electron chi connectivity index (χ3n) is 6.95. The van der Waals surface area contributed by atoms with Gasteiger partial charge in [0.2, 0.25) is 5.91 Å². The Balaban J connectivity index is 1.43. The van der Waals surface area contributed by atoms with E-state index < -0.39 is 17.4 Å². The van der Waals surface area contributed by atoms with Crippen molar-refractivity contribution < 1.29 is 19.5 Å². The third-order valence-corrected chi connectivity index (χ3v) is 7.34. The number of carbonyl (C=O) groups is 2. The van der Waals surface area contributed by atoms with Crippen LogP contribution in [0.3, 0.4) is 0 Å². The number of ether oxygens (including phenoxy) is 1. The lowest BCUT2D eigenvalue weighted by Gasteiger charge is -2.30. The zero-order valence-corrected chi connectivity index (χ0v) is 22.0. The molecule has 0 radical (unpaired) electrons. The summed E-state index contributed by atoms with van der Waals surface area (Å²) >= 11 is 12.0. The van der Waals surface area contributed by atoms with E-state index in [9.17, 15) is 9.59 Å². The van der Waals surface area contributed by atoms with Crippen LogP contribution in [-0.4, -0.2) is 49.5 Å². The van der Waals surface area contributed by atoms with E-state index in [1.165, 1.54) is 4.90 Å². The van der Waals surface area contributed by atoms with E-state index >= 15 is 0 Å². The van der Waals surface area contributed by atoms with Crippen LogP contribution in [0.15, 0.2) is 60.7 Å². The number of benzene rings is 2. The first-order valence-electron chi connectivity index (χ1n) is 12.0. The molecule has 9 nitrogen and oxygen atoms in total. The van der Waals surface area contributed by atoms with Crippen LogP contribution in [0, 0.1) is 0 Å². The second-order valence-electron chi connectivity index (χ2n) is 9.29. The Morgan fingerprint density at radius 3 is 2.55 bits per heavy atom. The van der Waals surface area contributed by atoms with Gasteiger partial charge in [-0.2, -0.15) is 0 Å². The van der Waals surface area contributed by atoms with Crippen molar-refractivity contribution in [3.63, 3.8) is 0 Å². The summed E-state index contributed by atoms with van der Waals surface area (Å²) in [5.74, 6) is 0.432. The average Bonchev–Trinajstić information content (AvgIpc) is 3.47. The van der Waals surface area contributed by atoms with Gasteiger partial charge in [0, 0.05) is 13.0 Å². The summed E-state index contributed by atoms with van der Waals surface area (Å²) in [6, 6.07) is 17.5. The number of amides is 2. The summed E-state index contributed by atoms with van der Waals surface area (Å²) in [5.41, 5.74) is 3.95. The summed E-state index contributed by atoms with van der Waals surface area (Å²) in [6.45, 7) is 2.19. The standard InChI is InChI=1S/C27H25Cl2N5O4/c1-16(25(35)33-37)34-11-10-27(26(34)36,14-24-30-20-4-2-3-5-21(20)31-24)18-6-8-19(9-7-18)38-15-17-12-22(28)32-23(29)13-17/h2-9,12-13,16,37H,10-11,14-15H2,1H3,(H,30,31)(H,33,35). The SMILES string of the molecule is CC(C(=O)NO)N1CCC(Cc2nc3ccccc3[nH]2)(c2ccc(OCc3cc(Cl)nc(Cl)c3)cc2)C1=O. The molecule has 5 rings (SSSR count). The fourth-order valence-corrected chi connectivity index (χ4v) is 5.45. The van der Waals surface area contributed by atoms with Crippen LogP contribution in [0.25, 0.3) is 11.0 Å². The number of hydroxylamine groups is 1. The first-order valence-corrected chi connectivity index (χ1v) is 12.8. The largest absolute Gasteiger partial charge is 0.489 e. The highest BCUT2D eigenvalue weighted by atomic mass is 35.5. The second-order valence-corrected chi connectivity index (χ2v) is 10.1. The normalized spacial score (nSPS) is 18.1. The molecular formula is C27H25Cl2N5O4. The molecule has 1 aliphatic rings. The molecule has 1 aliphatic heterocycles. The number of rotatable bonds is 8. The highest BCUT2D eigenvalue weighted by Crippen LogP contribution is 2.40. The molecule has 3 heterocycles. The molecule has 0 saturated carbocycles. The van der Waals surface area contributed by atoms with Gasteiger partial charge >= 0.3 is 0 Å². The van der Waals surface area contributed by atoms with E-state index in [1.54, 1.807) is 36.7 Å². The van der Waals surface area contributed by atoms with Crippen LogP contribution in [0.4, 0.5) is 0 Å². The Kier molecular flexibility index (Phi) is 7.25. The van der Waals surface area contributed by atoms with Gasteiger partial charge in [-0.3, -0.25) is 14.8 Å². The van der Waals surface area contributed by atoms with Gasteiger partial charge in [-0.1, -0.05) is 47.5 Å². The van der Waals surface area contributed by atoms with Crippen molar-refractivity contribution in [2.24, 2.45) is 0 Å². The lowest BCUT2D eigenvalue weighted by Crippen LogP contribution is -2.48. The van der Waals surface area contributed by atoms with Crippen LogP contribution < -0.4 is 10.2 Å². The molecule has 3 N–H and O–H groups in total. The Morgan fingerprint density at radius 2 is 1.87 bits per heavy atom. The lowest BCUT2D eigenvalue weighted by molar-refractivity contribution is -0.143. The molecule has 2 unspecified atom stereocenters. The summed E-state index contributed by atoms with van der Waals surface area (Å²) < 4.78 is 5.90. The van der Waals surface area contributed by atoms with Gasteiger partial charge in [0.15, 0.2) is 0 Å². The number of nitrogens with zero attached hydrogens (tertiary/aromatic N) is 3. The highest BCUT2D eigenvalue weighted by Gasteiger charge is 2.50. The van der Waals surface area contributed by atoms with Crippen molar-refractivity contribution in [2.45, 2.75) is 37.8 Å². The quantitative estimate of drug-likeness (QED) is 0.168. The summed E-state index contributed by atoms with van der Waals surface area (Å²) in [4.78, 5) is 39.5. The van der Waals surface area contributed by atoms with Crippen molar-refractivity contribution in [2.75, 3.05) is 6.54 Å². The zero-order chi connectivity index (χ0) is 26.9. The Labute approximate surface area is 228 Å². The molecule has 2 aromatic heterocycles. The van der Waals surface area contributed by atoms with Crippen molar-refractivity contribution in [3.8, 4) is 5.75 Å². The predicted molar refractivity (Wildman–Crippen MR) is 142 cm³/mol. The zero-order valence-electron chi connectivity index (χ0n) is 20.4. The number of carbonyl (C=O) groups excluding carboxylic acids is 2. The maximum atomic E-state index is 13.9. The van der Waals surface area contributed by atoms with Gasteiger partial charge < -0.3 is 14.6 Å². The van der Waals surface area contributed by atoms with Gasteiger partial charge in [0.1, 0.15) is 34.5 Å². The molecule has 2 aromatic carbocycles. The number of fused-ring (bicyclic) bond motifs is 1. The predicted octanol–water partition coefficient (Wildman–Crippen LogP) is 4.45. The molecule has 2 amide bonds. The topological polar surface area (TPSA) is 120 Å². The minimum atomic E-state index is -0.956. The molecule has 11 heteroatoms. The molecule has 196 valence electrons. The number of aromatic nitrogens is 3. The fourth-order valence-electron chi connectivity index (χ4n) is 4.94. The molecule has 1 fully saturated rings. The third kappa shape index (κ3) is 5.05. The molecular weight excluding hydrogens is 529 g/mol. The molecule has 2 atom stereocenters. The van der Waals surface area contributed by atoms with E-state index in [-0.39, 0.29) is 22.8 Å². The van der Waals surface area contributed by atoms with E-state index in [4.69, 9.17) is 38.1 Å². The average molecular weight is 554 g/mol. The number of H-pyrrole nitrogens is 1. The molecule has 0 bridgehead atoms. The summed E-state index contributed by atoms with van der Waals surface area (Å²) in [6.07, 6.45) is 0.791. The summed E-state index contributed by atoms with van der Waals surface area (Å²) in [5, 5.41) is 9.69. The van der Waals surface area contributed by atoms with E-state index in [1.807, 2.05) is 36.4 Å². The van der Waals surface area contributed by atoms with Crippen LogP contribution in [0.5, 0.6) is 5.75 Å². The molecule has 38 heavy (non-hydrogen) atoms. The monoisotopic (exact) mass is 553 g/mol. The number of likely N-dealkylation sites (tertiary alicyclic amines) is 1. The maximum absolute atomic E-state index is 13.9. The van der Waals surface area contributed by atoms with Crippen LogP contribution in [0.2, 0.25) is 10.3 Å². The number of nitrogens with one attached hydrogen (secondary N) is 2. The maximum Gasteiger partial charge on any atom is 0.265 e. The number of imidazole rings is 1. The van der Waals surface area contributed by atoms with Gasteiger partial charge in [-0.25, -0.2) is 15.4 Å². The van der Waals surface area contributed by atoms with Crippen molar-refractivity contribution in [1.82, 2.24) is 25.3 Å². The minimum absolute atomic E-state index is 0.205. The van der Waals surface area contributed by atoms with Gasteiger partial charge in [-0.15, -0.1) is 0 Å². The van der Waals surface area contributed by atoms with Crippen molar-refractivity contribution >= 4 is 46.0 Å². The Bertz CT molecular complexity index is 1440. The molecule has 1 saturated heterocycles. The fraction of sp³-hybridized carbons (Fsp3) is 0.259. The highest BCUT2D eigenvalue weighted by molar-refractivity contribution is 6.32. The molecule has 0 aliphatic carbocycles. The number of para-hydroxylation sites is 2.